The highest BCUT2D eigenvalue weighted by atomic mass is 31.2. The van der Waals surface area contributed by atoms with E-state index in [0.29, 0.717) is 6.61 Å². The molecular formula is C14H23O2P. The summed E-state index contributed by atoms with van der Waals surface area (Å²) in [7, 11) is -2.48. The Morgan fingerprint density at radius 2 is 2.06 bits per heavy atom. The van der Waals surface area contributed by atoms with Gasteiger partial charge in [-0.25, -0.2) is 0 Å². The summed E-state index contributed by atoms with van der Waals surface area (Å²) < 4.78 is 17.9. The summed E-state index contributed by atoms with van der Waals surface area (Å²) in [6, 6.07) is 8.40. The van der Waals surface area contributed by atoms with Crippen LogP contribution in [0.4, 0.5) is 0 Å². The molecule has 0 radical (unpaired) electrons. The molecular weight excluding hydrogens is 231 g/mol. The van der Waals surface area contributed by atoms with E-state index in [2.05, 4.69) is 38.1 Å². The quantitative estimate of drug-likeness (QED) is 0.709. The summed E-state index contributed by atoms with van der Waals surface area (Å²) in [5, 5.41) is 0. The second-order valence-electron chi connectivity index (χ2n) is 4.58. The second-order valence-corrected chi connectivity index (χ2v) is 7.39. The van der Waals surface area contributed by atoms with Crippen molar-refractivity contribution in [2.45, 2.75) is 39.3 Å². The van der Waals surface area contributed by atoms with Crippen molar-refractivity contribution in [2.75, 3.05) is 13.3 Å². The number of hydrogen-bond acceptors (Lipinski definition) is 2. The average Bonchev–Trinajstić information content (AvgIpc) is 2.25. The Morgan fingerprint density at radius 1 is 1.35 bits per heavy atom. The highest BCUT2D eigenvalue weighted by Gasteiger charge is 2.27. The molecule has 0 amide bonds. The highest BCUT2D eigenvalue weighted by molar-refractivity contribution is 7.58. The van der Waals surface area contributed by atoms with Crippen molar-refractivity contribution in [2.24, 2.45) is 0 Å². The van der Waals surface area contributed by atoms with E-state index in [4.69, 9.17) is 4.52 Å². The summed E-state index contributed by atoms with van der Waals surface area (Å²) in [6.07, 6.45) is 1.73. The maximum absolute atomic E-state index is 12.4. The van der Waals surface area contributed by atoms with Gasteiger partial charge in [-0.3, -0.25) is 4.57 Å². The monoisotopic (exact) mass is 254 g/mol. The van der Waals surface area contributed by atoms with E-state index in [-0.39, 0.29) is 5.66 Å². The molecule has 0 fully saturated rings. The standard InChI is InChI=1S/C14H23O2P/c1-5-14(17(4,15)16-6-2)11-13-9-7-8-12(3)10-13/h7-10,14H,5-6,11H2,1-4H3/t14-,17?/m1/s1. The Labute approximate surface area is 105 Å². The van der Waals surface area contributed by atoms with Gasteiger partial charge in [-0.1, -0.05) is 36.8 Å². The van der Waals surface area contributed by atoms with E-state index in [9.17, 15) is 4.57 Å². The molecule has 1 unspecified atom stereocenters. The zero-order valence-corrected chi connectivity index (χ0v) is 12.2. The van der Waals surface area contributed by atoms with Crippen LogP contribution in [0.3, 0.4) is 0 Å². The molecule has 2 atom stereocenters. The molecule has 17 heavy (non-hydrogen) atoms. The molecule has 1 aromatic carbocycles. The predicted molar refractivity (Wildman–Crippen MR) is 74.1 cm³/mol. The van der Waals surface area contributed by atoms with E-state index in [1.165, 1.54) is 11.1 Å². The fraction of sp³-hybridized carbons (Fsp3) is 0.571. The van der Waals surface area contributed by atoms with Crippen LogP contribution in [0.25, 0.3) is 0 Å². The van der Waals surface area contributed by atoms with Gasteiger partial charge >= 0.3 is 0 Å². The topological polar surface area (TPSA) is 26.3 Å². The first-order valence-corrected chi connectivity index (χ1v) is 8.41. The second kappa shape index (κ2) is 6.37. The molecule has 0 aliphatic carbocycles. The lowest BCUT2D eigenvalue weighted by Crippen LogP contribution is -2.12. The first kappa shape index (κ1) is 14.5. The summed E-state index contributed by atoms with van der Waals surface area (Å²) >= 11 is 0. The number of rotatable bonds is 6. The van der Waals surface area contributed by atoms with E-state index in [1.807, 2.05) is 6.92 Å². The zero-order chi connectivity index (χ0) is 12.9. The molecule has 1 aromatic rings. The van der Waals surface area contributed by atoms with Crippen molar-refractivity contribution in [3.05, 3.63) is 35.4 Å². The Kier molecular flexibility index (Phi) is 5.42. The van der Waals surface area contributed by atoms with Crippen LogP contribution < -0.4 is 0 Å². The van der Waals surface area contributed by atoms with Gasteiger partial charge in [-0.15, -0.1) is 0 Å². The van der Waals surface area contributed by atoms with Gasteiger partial charge in [0.25, 0.3) is 0 Å². The van der Waals surface area contributed by atoms with Crippen molar-refractivity contribution in [1.82, 2.24) is 0 Å². The Balaban J connectivity index is 2.80. The van der Waals surface area contributed by atoms with Gasteiger partial charge in [0.1, 0.15) is 0 Å². The van der Waals surface area contributed by atoms with Crippen LogP contribution in [-0.4, -0.2) is 18.9 Å². The minimum atomic E-state index is -2.48. The molecule has 0 spiro atoms. The molecule has 0 bridgehead atoms. The molecule has 0 aliphatic heterocycles. The summed E-state index contributed by atoms with van der Waals surface area (Å²) in [5.41, 5.74) is 2.63. The summed E-state index contributed by atoms with van der Waals surface area (Å²) in [6.45, 7) is 8.35. The van der Waals surface area contributed by atoms with E-state index in [0.717, 1.165) is 12.8 Å². The minimum Gasteiger partial charge on any atom is -0.329 e. The van der Waals surface area contributed by atoms with Gasteiger partial charge in [0.2, 0.25) is 7.37 Å². The van der Waals surface area contributed by atoms with Crippen LogP contribution in [0.1, 0.15) is 31.4 Å². The molecule has 0 saturated carbocycles. The van der Waals surface area contributed by atoms with Gasteiger partial charge in [-0.05, 0) is 32.3 Å². The molecule has 0 saturated heterocycles. The van der Waals surface area contributed by atoms with E-state index >= 15 is 0 Å². The van der Waals surface area contributed by atoms with E-state index < -0.39 is 7.37 Å². The van der Waals surface area contributed by atoms with Gasteiger partial charge in [0.05, 0.1) is 6.61 Å². The lowest BCUT2D eigenvalue weighted by Gasteiger charge is -2.23. The van der Waals surface area contributed by atoms with Crippen molar-refractivity contribution >= 4 is 7.37 Å². The largest absolute Gasteiger partial charge is 0.329 e. The fourth-order valence-electron chi connectivity index (χ4n) is 2.11. The number of benzene rings is 1. The molecule has 0 aliphatic rings. The Bertz CT molecular complexity index is 401. The Morgan fingerprint density at radius 3 is 2.59 bits per heavy atom. The summed E-state index contributed by atoms with van der Waals surface area (Å²) in [4.78, 5) is 0. The maximum atomic E-state index is 12.4. The van der Waals surface area contributed by atoms with Gasteiger partial charge in [0.15, 0.2) is 0 Å². The van der Waals surface area contributed by atoms with Crippen LogP contribution in [-0.2, 0) is 15.5 Å². The molecule has 96 valence electrons. The zero-order valence-electron chi connectivity index (χ0n) is 11.3. The van der Waals surface area contributed by atoms with Crippen molar-refractivity contribution in [1.29, 1.82) is 0 Å². The van der Waals surface area contributed by atoms with E-state index in [1.54, 1.807) is 6.66 Å². The van der Waals surface area contributed by atoms with Gasteiger partial charge in [0, 0.05) is 12.3 Å². The predicted octanol–water partition coefficient (Wildman–Crippen LogP) is 4.26. The highest BCUT2D eigenvalue weighted by Crippen LogP contribution is 2.50. The third-order valence-electron chi connectivity index (χ3n) is 3.07. The van der Waals surface area contributed by atoms with Gasteiger partial charge in [-0.2, -0.15) is 0 Å². The van der Waals surface area contributed by atoms with Crippen LogP contribution in [0.15, 0.2) is 24.3 Å². The van der Waals surface area contributed by atoms with Crippen LogP contribution in [0.5, 0.6) is 0 Å². The SMILES string of the molecule is CCOP(C)(=O)[C@H](CC)Cc1cccc(C)c1. The van der Waals surface area contributed by atoms with Gasteiger partial charge < -0.3 is 4.52 Å². The Hall–Kier alpha value is -0.590. The molecule has 3 heteroatoms. The third kappa shape index (κ3) is 4.29. The summed E-state index contributed by atoms with van der Waals surface area (Å²) in [5.74, 6) is 0. The number of aryl methyl sites for hydroxylation is 1. The van der Waals surface area contributed by atoms with Crippen LogP contribution >= 0.6 is 7.37 Å². The van der Waals surface area contributed by atoms with Crippen molar-refractivity contribution < 1.29 is 9.09 Å². The molecule has 0 heterocycles. The lowest BCUT2D eigenvalue weighted by molar-refractivity contribution is 0.328. The average molecular weight is 254 g/mol. The molecule has 1 rings (SSSR count). The van der Waals surface area contributed by atoms with Crippen LogP contribution in [0, 0.1) is 6.92 Å². The first-order chi connectivity index (χ1) is 7.99. The van der Waals surface area contributed by atoms with Crippen molar-refractivity contribution in [3.8, 4) is 0 Å². The fourth-order valence-corrected chi connectivity index (χ4v) is 4.04. The van der Waals surface area contributed by atoms with Crippen LogP contribution in [0.2, 0.25) is 0 Å². The normalized spacial score (nSPS) is 16.5. The molecule has 0 aromatic heterocycles. The lowest BCUT2D eigenvalue weighted by atomic mass is 10.1. The first-order valence-electron chi connectivity index (χ1n) is 6.26. The molecule has 0 N–H and O–H groups in total. The molecule has 2 nitrogen and oxygen atoms in total. The van der Waals surface area contributed by atoms with Crippen molar-refractivity contribution in [3.63, 3.8) is 0 Å². The third-order valence-corrected chi connectivity index (χ3v) is 5.72. The number of hydrogen-bond donors (Lipinski definition) is 0. The minimum absolute atomic E-state index is 0.129. The maximum Gasteiger partial charge on any atom is 0.203 e. The smallest absolute Gasteiger partial charge is 0.203 e.